The zero-order valence-corrected chi connectivity index (χ0v) is 9.32. The molecule has 0 radical (unpaired) electrons. The van der Waals surface area contributed by atoms with E-state index in [9.17, 15) is 14.4 Å². The number of esters is 2. The van der Waals surface area contributed by atoms with Crippen LogP contribution in [-0.2, 0) is 23.9 Å². The van der Waals surface area contributed by atoms with Crippen molar-refractivity contribution < 1.29 is 23.9 Å². The van der Waals surface area contributed by atoms with Gasteiger partial charge in [-0.15, -0.1) is 0 Å². The van der Waals surface area contributed by atoms with E-state index < -0.39 is 23.1 Å². The van der Waals surface area contributed by atoms with Crippen LogP contribution in [0.15, 0.2) is 12.2 Å². The predicted octanol–water partition coefficient (Wildman–Crippen LogP) is 0.628. The molecule has 5 heteroatoms. The molecule has 16 heavy (non-hydrogen) atoms. The number of carbonyl (C=O) groups excluding carboxylic acids is 3. The fraction of sp³-hybridized carbons (Fsp3) is 0.545. The molecule has 88 valence electrons. The Morgan fingerprint density at radius 2 is 2.19 bits per heavy atom. The van der Waals surface area contributed by atoms with E-state index >= 15 is 0 Å². The standard InChI is InChI=1S/C11H14O5/c1-3-16-9(13)7-11(10(14)15-2)6-4-5-8(11)12/h4-5H,3,6-7H2,1-2H3. The summed E-state index contributed by atoms with van der Waals surface area (Å²) < 4.78 is 9.32. The first-order valence-corrected chi connectivity index (χ1v) is 5.02. The molecule has 0 aromatic heterocycles. The average Bonchev–Trinajstić information content (AvgIpc) is 2.60. The smallest absolute Gasteiger partial charge is 0.320 e. The van der Waals surface area contributed by atoms with Crippen LogP contribution in [0.4, 0.5) is 0 Å². The number of carbonyl (C=O) groups is 3. The van der Waals surface area contributed by atoms with Crippen LogP contribution in [-0.4, -0.2) is 31.4 Å². The third-order valence-corrected chi connectivity index (χ3v) is 2.53. The van der Waals surface area contributed by atoms with E-state index in [1.807, 2.05) is 0 Å². The Balaban J connectivity index is 2.85. The van der Waals surface area contributed by atoms with Crippen LogP contribution in [0, 0.1) is 5.41 Å². The first-order chi connectivity index (χ1) is 7.56. The number of rotatable bonds is 4. The SMILES string of the molecule is CCOC(=O)CC1(C(=O)OC)CC=CC1=O. The zero-order valence-electron chi connectivity index (χ0n) is 9.32. The summed E-state index contributed by atoms with van der Waals surface area (Å²) >= 11 is 0. The summed E-state index contributed by atoms with van der Waals surface area (Å²) in [7, 11) is 1.20. The van der Waals surface area contributed by atoms with Gasteiger partial charge in [0.05, 0.1) is 20.1 Å². The quantitative estimate of drug-likeness (QED) is 0.519. The Kier molecular flexibility index (Phi) is 3.82. The van der Waals surface area contributed by atoms with E-state index in [2.05, 4.69) is 4.74 Å². The molecule has 0 N–H and O–H groups in total. The van der Waals surface area contributed by atoms with Gasteiger partial charge in [0.1, 0.15) is 5.41 Å². The van der Waals surface area contributed by atoms with Crippen LogP contribution in [0.25, 0.3) is 0 Å². The van der Waals surface area contributed by atoms with Gasteiger partial charge < -0.3 is 9.47 Å². The van der Waals surface area contributed by atoms with Gasteiger partial charge in [-0.3, -0.25) is 14.4 Å². The van der Waals surface area contributed by atoms with Crippen molar-refractivity contribution in [3.63, 3.8) is 0 Å². The van der Waals surface area contributed by atoms with E-state index in [1.54, 1.807) is 13.0 Å². The molecule has 1 atom stereocenters. The van der Waals surface area contributed by atoms with E-state index in [0.717, 1.165) is 0 Å². The van der Waals surface area contributed by atoms with Crippen molar-refractivity contribution in [2.24, 2.45) is 5.41 Å². The maximum Gasteiger partial charge on any atom is 0.320 e. The highest BCUT2D eigenvalue weighted by molar-refractivity contribution is 6.13. The minimum Gasteiger partial charge on any atom is -0.468 e. The molecule has 1 aliphatic rings. The Bertz CT molecular complexity index is 344. The van der Waals surface area contributed by atoms with E-state index in [-0.39, 0.29) is 19.4 Å². The maximum atomic E-state index is 11.6. The number of ether oxygens (including phenoxy) is 2. The number of methoxy groups -OCH3 is 1. The third-order valence-electron chi connectivity index (χ3n) is 2.53. The lowest BCUT2D eigenvalue weighted by atomic mass is 9.81. The molecule has 5 nitrogen and oxygen atoms in total. The van der Waals surface area contributed by atoms with Gasteiger partial charge in [-0.2, -0.15) is 0 Å². The topological polar surface area (TPSA) is 69.7 Å². The van der Waals surface area contributed by atoms with Crippen molar-refractivity contribution >= 4 is 17.7 Å². The van der Waals surface area contributed by atoms with Crippen LogP contribution >= 0.6 is 0 Å². The van der Waals surface area contributed by atoms with Crippen LogP contribution in [0.2, 0.25) is 0 Å². The molecular weight excluding hydrogens is 212 g/mol. The molecule has 0 bridgehead atoms. The van der Waals surface area contributed by atoms with Crippen molar-refractivity contribution in [1.82, 2.24) is 0 Å². The first kappa shape index (κ1) is 12.4. The van der Waals surface area contributed by atoms with Crippen LogP contribution < -0.4 is 0 Å². The molecule has 0 amide bonds. The van der Waals surface area contributed by atoms with Gasteiger partial charge in [0, 0.05) is 0 Å². The van der Waals surface area contributed by atoms with Gasteiger partial charge in [0.15, 0.2) is 5.78 Å². The predicted molar refractivity (Wildman–Crippen MR) is 54.5 cm³/mol. The highest BCUT2D eigenvalue weighted by atomic mass is 16.5. The average molecular weight is 226 g/mol. The minimum atomic E-state index is -1.40. The molecule has 1 aliphatic carbocycles. The lowest BCUT2D eigenvalue weighted by Crippen LogP contribution is -2.39. The van der Waals surface area contributed by atoms with Gasteiger partial charge in [-0.05, 0) is 19.4 Å². The second-order valence-electron chi connectivity index (χ2n) is 3.53. The van der Waals surface area contributed by atoms with Crippen molar-refractivity contribution in [2.45, 2.75) is 19.8 Å². The minimum absolute atomic E-state index is 0.192. The number of hydrogen-bond acceptors (Lipinski definition) is 5. The summed E-state index contributed by atoms with van der Waals surface area (Å²) in [5, 5.41) is 0. The number of hydrogen-bond donors (Lipinski definition) is 0. The van der Waals surface area contributed by atoms with Crippen molar-refractivity contribution in [2.75, 3.05) is 13.7 Å². The molecule has 0 aromatic carbocycles. The third kappa shape index (κ3) is 2.13. The molecule has 0 saturated carbocycles. The first-order valence-electron chi connectivity index (χ1n) is 5.02. The van der Waals surface area contributed by atoms with E-state index in [0.29, 0.717) is 0 Å². The van der Waals surface area contributed by atoms with E-state index in [4.69, 9.17) is 4.74 Å². The largest absolute Gasteiger partial charge is 0.468 e. The zero-order chi connectivity index (χ0) is 12.2. The van der Waals surface area contributed by atoms with Crippen LogP contribution in [0.3, 0.4) is 0 Å². The Morgan fingerprint density at radius 1 is 1.50 bits per heavy atom. The molecule has 0 aliphatic heterocycles. The Hall–Kier alpha value is -1.65. The number of allylic oxidation sites excluding steroid dienone is 2. The highest BCUT2D eigenvalue weighted by Crippen LogP contribution is 2.35. The molecule has 0 heterocycles. The fourth-order valence-electron chi connectivity index (χ4n) is 1.70. The summed E-state index contributed by atoms with van der Waals surface area (Å²) in [5.74, 6) is -1.65. The van der Waals surface area contributed by atoms with Crippen LogP contribution in [0.1, 0.15) is 19.8 Å². The molecule has 0 saturated heterocycles. The van der Waals surface area contributed by atoms with E-state index in [1.165, 1.54) is 13.2 Å². The molecule has 0 spiro atoms. The molecule has 1 unspecified atom stereocenters. The van der Waals surface area contributed by atoms with Crippen molar-refractivity contribution in [3.05, 3.63) is 12.2 Å². The van der Waals surface area contributed by atoms with Crippen molar-refractivity contribution in [1.29, 1.82) is 0 Å². The Morgan fingerprint density at radius 3 is 2.62 bits per heavy atom. The monoisotopic (exact) mass is 226 g/mol. The lowest BCUT2D eigenvalue weighted by Gasteiger charge is -2.22. The summed E-state index contributed by atoms with van der Waals surface area (Å²) in [6.45, 7) is 1.88. The number of ketones is 1. The molecule has 0 aromatic rings. The maximum absolute atomic E-state index is 11.6. The summed E-state index contributed by atoms with van der Waals surface area (Å²) in [5.41, 5.74) is -1.40. The van der Waals surface area contributed by atoms with Crippen LogP contribution in [0.5, 0.6) is 0 Å². The van der Waals surface area contributed by atoms with Crippen molar-refractivity contribution in [3.8, 4) is 0 Å². The summed E-state index contributed by atoms with van der Waals surface area (Å²) in [6.07, 6.45) is 2.80. The van der Waals surface area contributed by atoms with Gasteiger partial charge in [-0.1, -0.05) is 6.08 Å². The van der Waals surface area contributed by atoms with Gasteiger partial charge >= 0.3 is 11.9 Å². The summed E-state index contributed by atoms with van der Waals surface area (Å²) in [4.78, 5) is 34.6. The molecule has 0 fully saturated rings. The van der Waals surface area contributed by atoms with Gasteiger partial charge in [-0.25, -0.2) is 0 Å². The summed E-state index contributed by atoms with van der Waals surface area (Å²) in [6, 6.07) is 0. The van der Waals surface area contributed by atoms with Gasteiger partial charge in [0.2, 0.25) is 0 Å². The molecular formula is C11H14O5. The van der Waals surface area contributed by atoms with Gasteiger partial charge in [0.25, 0.3) is 0 Å². The lowest BCUT2D eigenvalue weighted by molar-refractivity contribution is -0.163. The normalized spacial score (nSPS) is 23.2. The fourth-order valence-corrected chi connectivity index (χ4v) is 1.70. The highest BCUT2D eigenvalue weighted by Gasteiger charge is 2.49. The second-order valence-corrected chi connectivity index (χ2v) is 3.53. The Labute approximate surface area is 93.4 Å². The second kappa shape index (κ2) is 4.92. The molecule has 1 rings (SSSR count).